The third kappa shape index (κ3) is 3.17. The number of ether oxygens (including phenoxy) is 3. The van der Waals surface area contributed by atoms with E-state index in [-0.39, 0.29) is 0 Å². The molecule has 8 heteroatoms. The van der Waals surface area contributed by atoms with Crippen molar-refractivity contribution in [1.82, 2.24) is 9.97 Å². The maximum atomic E-state index is 11.1. The lowest BCUT2D eigenvalue weighted by atomic mass is 10.1. The van der Waals surface area contributed by atoms with E-state index in [0.29, 0.717) is 28.3 Å². The van der Waals surface area contributed by atoms with Gasteiger partial charge in [-0.15, -0.1) is 0 Å². The molecule has 0 radical (unpaired) electrons. The van der Waals surface area contributed by atoms with Gasteiger partial charge in [0.2, 0.25) is 11.4 Å². The summed E-state index contributed by atoms with van der Waals surface area (Å²) in [5, 5.41) is 14.1. The minimum absolute atomic E-state index is 0.298. The van der Waals surface area contributed by atoms with Gasteiger partial charge in [0, 0.05) is 35.3 Å². The summed E-state index contributed by atoms with van der Waals surface area (Å²) in [5.41, 5.74) is -1.39. The zero-order valence-corrected chi connectivity index (χ0v) is 17.3. The molecule has 8 nitrogen and oxygen atoms in total. The highest BCUT2D eigenvalue weighted by Gasteiger charge is 2.38. The summed E-state index contributed by atoms with van der Waals surface area (Å²) in [5.74, 6) is 0.870. The molecule has 0 amide bonds. The van der Waals surface area contributed by atoms with Crippen molar-refractivity contribution >= 4 is 35.4 Å². The van der Waals surface area contributed by atoms with Gasteiger partial charge in [-0.2, -0.15) is 0 Å². The molecule has 31 heavy (non-hydrogen) atoms. The molecule has 5 rings (SSSR count). The van der Waals surface area contributed by atoms with E-state index in [1.54, 1.807) is 26.4 Å². The number of methoxy groups -OCH3 is 3. The first kappa shape index (κ1) is 19.3. The van der Waals surface area contributed by atoms with Gasteiger partial charge >= 0.3 is 0 Å². The molecule has 5 heterocycles. The van der Waals surface area contributed by atoms with E-state index in [1.807, 2.05) is 48.6 Å². The minimum Gasteiger partial charge on any atom is -0.495 e. The standard InChI is InChI=1S/C23H22N4O4/c1-29-20-12-18-11-15-6-7-19(25-15)21(30-2)22(28)9-8-16(26-22)10-14-4-5-17(24-14)13-23(20,27-18)31-3/h4-13,24-25,28H,1-3H3. The van der Waals surface area contributed by atoms with E-state index < -0.39 is 11.4 Å². The number of hydrogen-bond donors (Lipinski definition) is 3. The molecule has 0 saturated heterocycles. The summed E-state index contributed by atoms with van der Waals surface area (Å²) < 4.78 is 16.9. The molecule has 3 aliphatic rings. The molecule has 0 spiro atoms. The first-order valence-corrected chi connectivity index (χ1v) is 9.75. The van der Waals surface area contributed by atoms with E-state index in [4.69, 9.17) is 19.2 Å². The lowest BCUT2D eigenvalue weighted by Gasteiger charge is -2.22. The van der Waals surface area contributed by atoms with Gasteiger partial charge in [0.1, 0.15) is 0 Å². The highest BCUT2D eigenvalue weighted by molar-refractivity contribution is 6.19. The summed E-state index contributed by atoms with van der Waals surface area (Å²) in [7, 11) is 4.70. The van der Waals surface area contributed by atoms with Crippen LogP contribution in [0.25, 0.3) is 24.0 Å². The number of H-pyrrole nitrogens is 2. The Morgan fingerprint density at radius 1 is 0.839 bits per heavy atom. The lowest BCUT2D eigenvalue weighted by molar-refractivity contribution is 0.0407. The predicted octanol–water partition coefficient (Wildman–Crippen LogP) is -0.820. The monoisotopic (exact) mass is 418 g/mol. The zero-order chi connectivity index (χ0) is 21.6. The van der Waals surface area contributed by atoms with Crippen LogP contribution in [0.2, 0.25) is 0 Å². The SMILES string of the molecule is COC1=CC2=NC1(OC)C=c1ccc([nH]1)=CC1=NC(O)(C=C1)C(OC)=c1ccc([nH]1)=C2. The van der Waals surface area contributed by atoms with Crippen molar-refractivity contribution in [1.29, 1.82) is 0 Å². The number of aliphatic hydroxyl groups is 1. The van der Waals surface area contributed by atoms with Gasteiger partial charge in [0.15, 0.2) is 11.5 Å². The molecule has 0 aliphatic carbocycles. The van der Waals surface area contributed by atoms with Gasteiger partial charge in [-0.05, 0) is 48.6 Å². The largest absolute Gasteiger partial charge is 0.495 e. The molecule has 2 aromatic rings. The van der Waals surface area contributed by atoms with Crippen LogP contribution in [-0.4, -0.2) is 59.3 Å². The second-order valence-electron chi connectivity index (χ2n) is 7.41. The number of aromatic nitrogens is 2. The fourth-order valence-electron chi connectivity index (χ4n) is 4.00. The van der Waals surface area contributed by atoms with Crippen molar-refractivity contribution in [3.05, 3.63) is 69.6 Å². The van der Waals surface area contributed by atoms with Crippen LogP contribution in [0.15, 0.2) is 58.2 Å². The fourth-order valence-corrected chi connectivity index (χ4v) is 4.00. The second kappa shape index (κ2) is 6.97. The van der Waals surface area contributed by atoms with Crippen LogP contribution in [0.1, 0.15) is 0 Å². The number of fused-ring (bicyclic) bond motifs is 6. The van der Waals surface area contributed by atoms with Gasteiger partial charge in [-0.1, -0.05) is 0 Å². The summed E-state index contributed by atoms with van der Waals surface area (Å²) in [6.07, 6.45) is 10.8. The molecular formula is C23H22N4O4. The van der Waals surface area contributed by atoms with Crippen molar-refractivity contribution in [3.8, 4) is 0 Å². The van der Waals surface area contributed by atoms with E-state index in [9.17, 15) is 5.11 Å². The van der Waals surface area contributed by atoms with E-state index >= 15 is 0 Å². The smallest absolute Gasteiger partial charge is 0.239 e. The van der Waals surface area contributed by atoms with Crippen LogP contribution in [-0.2, 0) is 14.2 Å². The minimum atomic E-state index is -1.60. The Hall–Kier alpha value is -3.62. The molecule has 2 atom stereocenters. The Morgan fingerprint density at radius 2 is 1.58 bits per heavy atom. The molecule has 3 aliphatic heterocycles. The van der Waals surface area contributed by atoms with E-state index in [1.165, 1.54) is 7.11 Å². The molecule has 0 fully saturated rings. The third-order valence-corrected chi connectivity index (χ3v) is 5.42. The third-order valence-electron chi connectivity index (χ3n) is 5.42. The van der Waals surface area contributed by atoms with Gasteiger partial charge in [-0.3, -0.25) is 0 Å². The van der Waals surface area contributed by atoms with Gasteiger partial charge in [0.25, 0.3) is 0 Å². The zero-order valence-electron chi connectivity index (χ0n) is 17.3. The summed E-state index contributed by atoms with van der Waals surface area (Å²) in [4.78, 5) is 15.8. The van der Waals surface area contributed by atoms with Crippen molar-refractivity contribution in [2.45, 2.75) is 11.4 Å². The number of nitrogens with one attached hydrogen (secondary N) is 2. The Kier molecular flexibility index (Phi) is 4.35. The number of allylic oxidation sites excluding steroid dienone is 2. The van der Waals surface area contributed by atoms with Crippen LogP contribution < -0.4 is 21.4 Å². The molecular weight excluding hydrogens is 396 g/mol. The van der Waals surface area contributed by atoms with Crippen LogP contribution in [0.4, 0.5) is 0 Å². The molecule has 2 unspecified atom stereocenters. The van der Waals surface area contributed by atoms with Crippen LogP contribution in [0.5, 0.6) is 0 Å². The number of aromatic amines is 2. The summed E-state index contributed by atoms with van der Waals surface area (Å²) in [6, 6.07) is 7.54. The summed E-state index contributed by atoms with van der Waals surface area (Å²) in [6.45, 7) is 0. The number of nitrogens with zero attached hydrogens (tertiary/aromatic N) is 2. The molecule has 2 aromatic heterocycles. The second-order valence-corrected chi connectivity index (χ2v) is 7.41. The Bertz CT molecular complexity index is 1420. The highest BCUT2D eigenvalue weighted by Crippen LogP contribution is 2.31. The topological polar surface area (TPSA) is 104 Å². The predicted molar refractivity (Wildman–Crippen MR) is 118 cm³/mol. The molecule has 3 N–H and O–H groups in total. The fraction of sp³-hybridized carbons (Fsp3) is 0.217. The van der Waals surface area contributed by atoms with Crippen LogP contribution in [0.3, 0.4) is 0 Å². The van der Waals surface area contributed by atoms with Crippen LogP contribution >= 0.6 is 0 Å². The lowest BCUT2D eigenvalue weighted by Crippen LogP contribution is -2.31. The van der Waals surface area contributed by atoms with E-state index in [2.05, 4.69) is 15.0 Å². The van der Waals surface area contributed by atoms with Crippen LogP contribution in [0, 0.1) is 0 Å². The Labute approximate surface area is 177 Å². The molecule has 158 valence electrons. The molecule has 8 bridgehead atoms. The average Bonchev–Trinajstić information content (AvgIpc) is 3.52. The quantitative estimate of drug-likeness (QED) is 0.606. The maximum absolute atomic E-state index is 11.1. The summed E-state index contributed by atoms with van der Waals surface area (Å²) >= 11 is 0. The average molecular weight is 418 g/mol. The van der Waals surface area contributed by atoms with E-state index in [0.717, 1.165) is 16.0 Å². The first-order valence-electron chi connectivity index (χ1n) is 9.75. The maximum Gasteiger partial charge on any atom is 0.239 e. The first-order chi connectivity index (χ1) is 15.0. The Balaban J connectivity index is 1.83. The molecule has 0 aromatic carbocycles. The Morgan fingerprint density at radius 3 is 2.35 bits per heavy atom. The normalized spacial score (nSPS) is 26.3. The number of aliphatic imine (C=N–C) groups is 2. The van der Waals surface area contributed by atoms with Crippen molar-refractivity contribution in [2.75, 3.05) is 21.3 Å². The number of rotatable bonds is 3. The number of hydrogen-bond acceptors (Lipinski definition) is 6. The van der Waals surface area contributed by atoms with Gasteiger partial charge < -0.3 is 29.3 Å². The van der Waals surface area contributed by atoms with Crippen molar-refractivity contribution < 1.29 is 19.3 Å². The van der Waals surface area contributed by atoms with Gasteiger partial charge in [-0.25, -0.2) is 9.98 Å². The van der Waals surface area contributed by atoms with Crippen molar-refractivity contribution in [3.63, 3.8) is 0 Å². The highest BCUT2D eigenvalue weighted by atomic mass is 16.5. The molecule has 0 saturated carbocycles. The van der Waals surface area contributed by atoms with Crippen molar-refractivity contribution in [2.24, 2.45) is 9.98 Å². The van der Waals surface area contributed by atoms with Gasteiger partial charge in [0.05, 0.1) is 31.0 Å².